The van der Waals surface area contributed by atoms with Crippen LogP contribution in [0.2, 0.25) is 0 Å². The number of phosphoric ester groups is 1. The normalized spacial score (nSPS) is 13.3. The molecule has 0 aromatic heterocycles. The molecule has 0 aromatic rings. The van der Waals surface area contributed by atoms with Gasteiger partial charge in [0.05, 0.1) is 13.2 Å². The Labute approximate surface area is 589 Å². The van der Waals surface area contributed by atoms with Gasteiger partial charge in [0, 0.05) is 19.4 Å². The first-order chi connectivity index (χ1) is 46.8. The van der Waals surface area contributed by atoms with E-state index in [4.69, 9.17) is 24.3 Å². The molecule has 0 heterocycles. The number of phosphoric acid groups is 1. The molecule has 0 rings (SSSR count). The summed E-state index contributed by atoms with van der Waals surface area (Å²) in [5.41, 5.74) is 5.42. The van der Waals surface area contributed by atoms with Gasteiger partial charge in [0.15, 0.2) is 6.10 Å². The van der Waals surface area contributed by atoms with Gasteiger partial charge in [0.25, 0.3) is 0 Å². The lowest BCUT2D eigenvalue weighted by molar-refractivity contribution is -0.161. The molecule has 0 bridgehead atoms. The summed E-state index contributed by atoms with van der Waals surface area (Å²) in [6.07, 6.45) is 109. The van der Waals surface area contributed by atoms with E-state index < -0.39 is 26.5 Å². The summed E-state index contributed by atoms with van der Waals surface area (Å²) in [6.45, 7) is 3.69. The highest BCUT2D eigenvalue weighted by atomic mass is 31.2. The second-order valence-corrected chi connectivity index (χ2v) is 29.1. The maximum Gasteiger partial charge on any atom is 0.472 e. The van der Waals surface area contributed by atoms with Gasteiger partial charge in [0.2, 0.25) is 0 Å². The number of ether oxygens (including phenoxy) is 2. The molecule has 0 amide bonds. The van der Waals surface area contributed by atoms with Crippen LogP contribution < -0.4 is 5.73 Å². The van der Waals surface area contributed by atoms with Crippen molar-refractivity contribution in [3.63, 3.8) is 0 Å². The summed E-state index contributed by atoms with van der Waals surface area (Å²) in [7, 11) is -4.40. The molecule has 9 nitrogen and oxygen atoms in total. The molecule has 0 fully saturated rings. The molecule has 0 saturated carbocycles. The van der Waals surface area contributed by atoms with Crippen molar-refractivity contribution in [3.8, 4) is 0 Å². The van der Waals surface area contributed by atoms with Gasteiger partial charge >= 0.3 is 19.8 Å². The molecule has 3 N–H and O–H groups in total. The Morgan fingerprint density at radius 3 is 0.874 bits per heavy atom. The third-order valence-corrected chi connectivity index (χ3v) is 19.2. The average molecular weight is 1350 g/mol. The highest BCUT2D eigenvalue weighted by molar-refractivity contribution is 7.47. The Morgan fingerprint density at radius 1 is 0.326 bits per heavy atom. The summed E-state index contributed by atoms with van der Waals surface area (Å²) in [5, 5.41) is 0. The molecule has 0 radical (unpaired) electrons. The molecular formula is C85H156NO8P. The Bertz CT molecular complexity index is 1840. The van der Waals surface area contributed by atoms with Crippen molar-refractivity contribution in [2.45, 2.75) is 418 Å². The molecular weight excluding hydrogens is 1190 g/mol. The van der Waals surface area contributed by atoms with Crippen molar-refractivity contribution in [2.75, 3.05) is 26.4 Å². The van der Waals surface area contributed by atoms with E-state index in [1.807, 2.05) is 0 Å². The van der Waals surface area contributed by atoms with E-state index in [0.29, 0.717) is 6.42 Å². The molecule has 95 heavy (non-hydrogen) atoms. The van der Waals surface area contributed by atoms with E-state index in [1.54, 1.807) is 0 Å². The van der Waals surface area contributed by atoms with Crippen LogP contribution >= 0.6 is 7.82 Å². The van der Waals surface area contributed by atoms with Crippen molar-refractivity contribution in [1.82, 2.24) is 0 Å². The minimum Gasteiger partial charge on any atom is -0.462 e. The molecule has 2 atom stereocenters. The Hall–Kier alpha value is -2.81. The van der Waals surface area contributed by atoms with E-state index in [-0.39, 0.29) is 38.6 Å². The number of allylic oxidation sites excluding steroid dienone is 14. The number of unbranched alkanes of at least 4 members (excludes halogenated alkanes) is 51. The van der Waals surface area contributed by atoms with Gasteiger partial charge in [-0.1, -0.05) is 394 Å². The van der Waals surface area contributed by atoms with E-state index in [9.17, 15) is 19.0 Å². The summed E-state index contributed by atoms with van der Waals surface area (Å²) >= 11 is 0. The van der Waals surface area contributed by atoms with Gasteiger partial charge in [-0.25, -0.2) is 4.57 Å². The van der Waals surface area contributed by atoms with Crippen LogP contribution in [0.15, 0.2) is 85.1 Å². The fraction of sp³-hybridized carbons (Fsp3) is 0.812. The van der Waals surface area contributed by atoms with E-state index in [2.05, 4.69) is 98.9 Å². The highest BCUT2D eigenvalue weighted by Crippen LogP contribution is 2.43. The predicted octanol–water partition coefficient (Wildman–Crippen LogP) is 27.7. The molecule has 0 aliphatic heterocycles. The van der Waals surface area contributed by atoms with Gasteiger partial charge in [-0.05, 0) is 89.9 Å². The quantitative estimate of drug-likeness (QED) is 0.0264. The number of carbonyl (C=O) groups is 2. The standard InChI is InChI=1S/C85H156NO8P/c1-3-5-7-9-11-13-15-17-19-21-23-25-27-29-31-33-35-37-39-40-41-42-44-45-47-49-51-53-55-57-59-61-63-65-67-69-71-73-75-77-84(87)91-81-83(82-93-95(89,90)92-80-79-86)94-85(88)78-76-74-72-70-68-66-64-62-60-58-56-54-52-50-48-46-43-38-36-34-32-30-28-26-24-22-20-18-16-14-12-10-8-6-4-2/h6,8,12,14,18,20-21,23-24,26,30,32,36,38,83H,3-5,7,9-11,13,15-17,19,22,25,27-29,31,33-35,37,39-82,86H2,1-2H3,(H,89,90)/b8-6-,14-12-,20-18-,23-21-,26-24-,32-30-,38-36-. The van der Waals surface area contributed by atoms with Crippen LogP contribution in [0.1, 0.15) is 412 Å². The molecule has 2 unspecified atom stereocenters. The molecule has 0 aliphatic carbocycles. The van der Waals surface area contributed by atoms with Crippen molar-refractivity contribution in [1.29, 1.82) is 0 Å². The van der Waals surface area contributed by atoms with Crippen molar-refractivity contribution in [2.24, 2.45) is 5.73 Å². The molecule has 0 saturated heterocycles. The van der Waals surface area contributed by atoms with Crippen molar-refractivity contribution < 1.29 is 37.6 Å². The first kappa shape index (κ1) is 92.2. The van der Waals surface area contributed by atoms with Gasteiger partial charge in [-0.15, -0.1) is 0 Å². The van der Waals surface area contributed by atoms with Gasteiger partial charge < -0.3 is 20.1 Å². The minimum absolute atomic E-state index is 0.0535. The molecule has 0 aromatic carbocycles. The molecule has 0 aliphatic rings. The van der Waals surface area contributed by atoms with E-state index in [1.165, 1.54) is 302 Å². The molecule has 0 spiro atoms. The first-order valence-electron chi connectivity index (χ1n) is 41.1. The lowest BCUT2D eigenvalue weighted by atomic mass is 10.0. The Balaban J connectivity index is 3.76. The third kappa shape index (κ3) is 80.1. The number of nitrogens with two attached hydrogens (primary N) is 1. The van der Waals surface area contributed by atoms with Gasteiger partial charge in [-0.3, -0.25) is 18.6 Å². The number of carbonyl (C=O) groups excluding carboxylic acids is 2. The van der Waals surface area contributed by atoms with Crippen LogP contribution in [0.3, 0.4) is 0 Å². The number of esters is 2. The maximum absolute atomic E-state index is 12.8. The first-order valence-corrected chi connectivity index (χ1v) is 42.6. The van der Waals surface area contributed by atoms with Crippen molar-refractivity contribution >= 4 is 19.8 Å². The fourth-order valence-corrected chi connectivity index (χ4v) is 13.0. The van der Waals surface area contributed by atoms with Crippen LogP contribution in [-0.2, 0) is 32.7 Å². The second-order valence-electron chi connectivity index (χ2n) is 27.6. The van der Waals surface area contributed by atoms with Crippen LogP contribution in [0, 0.1) is 0 Å². The highest BCUT2D eigenvalue weighted by Gasteiger charge is 2.26. The zero-order valence-corrected chi connectivity index (χ0v) is 63.6. The molecule has 554 valence electrons. The summed E-state index contributed by atoms with van der Waals surface area (Å²) in [4.78, 5) is 35.5. The number of rotatable bonds is 78. The van der Waals surface area contributed by atoms with Crippen LogP contribution in [0.4, 0.5) is 0 Å². The minimum atomic E-state index is -4.40. The zero-order valence-electron chi connectivity index (χ0n) is 62.7. The SMILES string of the molecule is CC/C=C\C/C=C\C/C=C\C/C=C\C/C=C\C/C=C\CCCCCCCCCCCCCCCCCCC(=O)OC(COC(=O)CCCCCCCCCCCCCCCCCCCCCCCCCCCCC/C=C\CCCCCCCCCC)COP(=O)(O)OCCN. The van der Waals surface area contributed by atoms with Gasteiger partial charge in [0.1, 0.15) is 6.61 Å². The van der Waals surface area contributed by atoms with Gasteiger partial charge in [-0.2, -0.15) is 0 Å². The second kappa shape index (κ2) is 80.2. The smallest absolute Gasteiger partial charge is 0.462 e. The third-order valence-electron chi connectivity index (χ3n) is 18.3. The number of hydrogen-bond acceptors (Lipinski definition) is 8. The largest absolute Gasteiger partial charge is 0.472 e. The van der Waals surface area contributed by atoms with Crippen LogP contribution in [0.25, 0.3) is 0 Å². The lowest BCUT2D eigenvalue weighted by Crippen LogP contribution is -2.29. The molecule has 10 heteroatoms. The summed E-state index contributed by atoms with van der Waals surface area (Å²) < 4.78 is 33.3. The Kier molecular flexibility index (Phi) is 77.8. The van der Waals surface area contributed by atoms with Crippen LogP contribution in [0.5, 0.6) is 0 Å². The topological polar surface area (TPSA) is 134 Å². The Morgan fingerprint density at radius 2 is 0.579 bits per heavy atom. The number of hydrogen-bond donors (Lipinski definition) is 2. The summed E-state index contributed by atoms with van der Waals surface area (Å²) in [5.74, 6) is -0.809. The van der Waals surface area contributed by atoms with Crippen molar-refractivity contribution in [3.05, 3.63) is 85.1 Å². The average Bonchev–Trinajstić information content (AvgIpc) is 3.32. The zero-order chi connectivity index (χ0) is 68.6. The monoisotopic (exact) mass is 1350 g/mol. The maximum atomic E-state index is 12.8. The lowest BCUT2D eigenvalue weighted by Gasteiger charge is -2.19. The fourth-order valence-electron chi connectivity index (χ4n) is 12.2. The van der Waals surface area contributed by atoms with E-state index >= 15 is 0 Å². The summed E-state index contributed by atoms with van der Waals surface area (Å²) in [6, 6.07) is 0. The van der Waals surface area contributed by atoms with Crippen LogP contribution in [-0.4, -0.2) is 49.3 Å². The van der Waals surface area contributed by atoms with E-state index in [0.717, 1.165) is 77.0 Å². The predicted molar refractivity (Wildman–Crippen MR) is 413 cm³/mol.